The molecule has 1 atom stereocenters. The molecule has 0 saturated carbocycles. The van der Waals surface area contributed by atoms with Gasteiger partial charge in [-0.1, -0.05) is 60.7 Å². The van der Waals surface area contributed by atoms with E-state index in [2.05, 4.69) is 48.5 Å². The number of hydrogen-bond donors (Lipinski definition) is 0. The average molecular weight is 322 g/mol. The third kappa shape index (κ3) is 4.05. The van der Waals surface area contributed by atoms with E-state index in [1.54, 1.807) is 0 Å². The van der Waals surface area contributed by atoms with E-state index in [0.29, 0.717) is 0 Å². The van der Waals surface area contributed by atoms with Crippen molar-refractivity contribution in [3.63, 3.8) is 0 Å². The lowest BCUT2D eigenvalue weighted by Gasteiger charge is -2.38. The van der Waals surface area contributed by atoms with E-state index < -0.39 is 0 Å². The molecular weight excluding hydrogens is 296 g/mol. The highest BCUT2D eigenvalue weighted by atomic mass is 16.5. The molecular formula is C22H26O2. The molecule has 2 heteroatoms. The highest BCUT2D eigenvalue weighted by molar-refractivity contribution is 5.77. The Hall–Kier alpha value is -2.09. The van der Waals surface area contributed by atoms with Crippen LogP contribution in [0.2, 0.25) is 0 Å². The molecule has 1 fully saturated rings. The third-order valence-corrected chi connectivity index (χ3v) is 5.24. The number of cyclic esters (lactones) is 1. The molecule has 0 aromatic heterocycles. The maximum absolute atomic E-state index is 12.7. The van der Waals surface area contributed by atoms with Crippen molar-refractivity contribution in [2.45, 2.75) is 51.6 Å². The van der Waals surface area contributed by atoms with Gasteiger partial charge in [0.05, 0.1) is 11.5 Å². The lowest BCUT2D eigenvalue weighted by atomic mass is 9.72. The van der Waals surface area contributed by atoms with Gasteiger partial charge < -0.3 is 4.74 Å². The summed E-state index contributed by atoms with van der Waals surface area (Å²) in [6.07, 6.45) is 5.56. The summed E-state index contributed by atoms with van der Waals surface area (Å²) in [6, 6.07) is 20.9. The zero-order chi connectivity index (χ0) is 16.8. The van der Waals surface area contributed by atoms with Gasteiger partial charge in [-0.15, -0.1) is 0 Å². The molecule has 0 radical (unpaired) electrons. The Labute approximate surface area is 144 Å². The molecule has 1 saturated heterocycles. The van der Waals surface area contributed by atoms with Crippen LogP contribution in [0.3, 0.4) is 0 Å². The second-order valence-electron chi connectivity index (χ2n) is 7.01. The normalized spacial score (nSPS) is 19.7. The van der Waals surface area contributed by atoms with Crippen LogP contribution in [0, 0.1) is 5.41 Å². The number of rotatable bonds is 6. The van der Waals surface area contributed by atoms with E-state index in [4.69, 9.17) is 4.74 Å². The Balaban J connectivity index is 1.72. The van der Waals surface area contributed by atoms with Crippen LogP contribution in [0.25, 0.3) is 0 Å². The Kier molecular flexibility index (Phi) is 5.34. The fourth-order valence-corrected chi connectivity index (χ4v) is 3.58. The van der Waals surface area contributed by atoms with Crippen molar-refractivity contribution in [3.8, 4) is 0 Å². The maximum Gasteiger partial charge on any atom is 0.312 e. The molecule has 24 heavy (non-hydrogen) atoms. The standard InChI is InChI=1S/C22H26O2/c1-18-12-15-22(21(23)24-18,16-13-19-8-4-2-5-9-19)17-14-20-10-6-3-7-11-20/h2-11,18H,12-17H2,1H3. The molecule has 0 aliphatic carbocycles. The van der Waals surface area contributed by atoms with Crippen LogP contribution in [-0.2, 0) is 22.4 Å². The Morgan fingerprint density at radius 2 is 1.42 bits per heavy atom. The van der Waals surface area contributed by atoms with Gasteiger partial charge >= 0.3 is 5.97 Å². The number of hydrogen-bond acceptors (Lipinski definition) is 2. The number of esters is 1. The maximum atomic E-state index is 12.7. The monoisotopic (exact) mass is 322 g/mol. The van der Waals surface area contributed by atoms with E-state index in [1.807, 2.05) is 19.1 Å². The van der Waals surface area contributed by atoms with E-state index in [0.717, 1.165) is 38.5 Å². The molecule has 1 aliphatic heterocycles. The summed E-state index contributed by atoms with van der Waals surface area (Å²) in [6.45, 7) is 2.00. The molecule has 1 heterocycles. The first kappa shape index (κ1) is 16.8. The van der Waals surface area contributed by atoms with Crippen LogP contribution in [0.1, 0.15) is 43.7 Å². The van der Waals surface area contributed by atoms with Crippen LogP contribution in [0.4, 0.5) is 0 Å². The first-order chi connectivity index (χ1) is 11.7. The van der Waals surface area contributed by atoms with Crippen LogP contribution >= 0.6 is 0 Å². The fourth-order valence-electron chi connectivity index (χ4n) is 3.58. The van der Waals surface area contributed by atoms with Gasteiger partial charge in [-0.05, 0) is 56.6 Å². The summed E-state index contributed by atoms with van der Waals surface area (Å²) < 4.78 is 5.64. The van der Waals surface area contributed by atoms with Gasteiger partial charge in [-0.2, -0.15) is 0 Å². The first-order valence-electron chi connectivity index (χ1n) is 8.97. The van der Waals surface area contributed by atoms with Gasteiger partial charge in [-0.3, -0.25) is 4.79 Å². The lowest BCUT2D eigenvalue weighted by Crippen LogP contribution is -2.41. The molecule has 2 aromatic carbocycles. The van der Waals surface area contributed by atoms with E-state index in [-0.39, 0.29) is 17.5 Å². The molecule has 0 amide bonds. The quantitative estimate of drug-likeness (QED) is 0.702. The minimum Gasteiger partial charge on any atom is -0.462 e. The van der Waals surface area contributed by atoms with Gasteiger partial charge in [0.1, 0.15) is 0 Å². The van der Waals surface area contributed by atoms with Crippen LogP contribution in [0.5, 0.6) is 0 Å². The topological polar surface area (TPSA) is 26.3 Å². The van der Waals surface area contributed by atoms with Crippen molar-refractivity contribution in [1.82, 2.24) is 0 Å². The molecule has 2 nitrogen and oxygen atoms in total. The van der Waals surface area contributed by atoms with Crippen molar-refractivity contribution in [1.29, 1.82) is 0 Å². The third-order valence-electron chi connectivity index (χ3n) is 5.24. The Morgan fingerprint density at radius 3 is 1.88 bits per heavy atom. The van der Waals surface area contributed by atoms with Crippen LogP contribution in [0.15, 0.2) is 60.7 Å². The van der Waals surface area contributed by atoms with Gasteiger partial charge in [0, 0.05) is 0 Å². The van der Waals surface area contributed by atoms with Gasteiger partial charge in [0.25, 0.3) is 0 Å². The Morgan fingerprint density at radius 1 is 0.917 bits per heavy atom. The van der Waals surface area contributed by atoms with Crippen LogP contribution in [-0.4, -0.2) is 12.1 Å². The van der Waals surface area contributed by atoms with Crippen molar-refractivity contribution >= 4 is 5.97 Å². The van der Waals surface area contributed by atoms with E-state index in [9.17, 15) is 4.79 Å². The number of benzene rings is 2. The second-order valence-corrected chi connectivity index (χ2v) is 7.01. The fraction of sp³-hybridized carbons (Fsp3) is 0.409. The number of carbonyl (C=O) groups is 1. The molecule has 3 rings (SSSR count). The molecule has 1 aliphatic rings. The highest BCUT2D eigenvalue weighted by Gasteiger charge is 2.43. The largest absolute Gasteiger partial charge is 0.462 e. The van der Waals surface area contributed by atoms with Gasteiger partial charge in [0.2, 0.25) is 0 Å². The summed E-state index contributed by atoms with van der Waals surface area (Å²) >= 11 is 0. The second kappa shape index (κ2) is 7.65. The molecule has 1 unspecified atom stereocenters. The van der Waals surface area contributed by atoms with Crippen LogP contribution < -0.4 is 0 Å². The smallest absolute Gasteiger partial charge is 0.312 e. The van der Waals surface area contributed by atoms with Gasteiger partial charge in [-0.25, -0.2) is 0 Å². The molecule has 0 spiro atoms. The molecule has 0 bridgehead atoms. The predicted octanol–water partition coefficient (Wildman–Crippen LogP) is 4.96. The van der Waals surface area contributed by atoms with E-state index in [1.165, 1.54) is 11.1 Å². The SMILES string of the molecule is CC1CCC(CCc2ccccc2)(CCc2ccccc2)C(=O)O1. The first-order valence-corrected chi connectivity index (χ1v) is 8.97. The average Bonchev–Trinajstić information content (AvgIpc) is 2.62. The minimum atomic E-state index is -0.335. The summed E-state index contributed by atoms with van der Waals surface area (Å²) in [7, 11) is 0. The lowest BCUT2D eigenvalue weighted by molar-refractivity contribution is -0.170. The van der Waals surface area contributed by atoms with Gasteiger partial charge in [0.15, 0.2) is 0 Å². The van der Waals surface area contributed by atoms with Crippen molar-refractivity contribution < 1.29 is 9.53 Å². The molecule has 0 N–H and O–H groups in total. The summed E-state index contributed by atoms with van der Waals surface area (Å²) in [4.78, 5) is 12.7. The zero-order valence-corrected chi connectivity index (χ0v) is 14.4. The summed E-state index contributed by atoms with van der Waals surface area (Å²) in [5.41, 5.74) is 2.25. The van der Waals surface area contributed by atoms with E-state index >= 15 is 0 Å². The van der Waals surface area contributed by atoms with Crippen molar-refractivity contribution in [3.05, 3.63) is 71.8 Å². The zero-order valence-electron chi connectivity index (χ0n) is 14.4. The Bertz CT molecular complexity index is 605. The predicted molar refractivity (Wildman–Crippen MR) is 96.7 cm³/mol. The summed E-state index contributed by atoms with van der Waals surface area (Å²) in [5.74, 6) is 0.00751. The summed E-state index contributed by atoms with van der Waals surface area (Å²) in [5, 5.41) is 0. The minimum absolute atomic E-state index is 0.00751. The number of carbonyl (C=O) groups excluding carboxylic acids is 1. The number of ether oxygens (including phenoxy) is 1. The molecule has 2 aromatic rings. The van der Waals surface area contributed by atoms with Crippen molar-refractivity contribution in [2.75, 3.05) is 0 Å². The molecule has 126 valence electrons. The number of aryl methyl sites for hydroxylation is 2. The highest BCUT2D eigenvalue weighted by Crippen LogP contribution is 2.40. The van der Waals surface area contributed by atoms with Crippen molar-refractivity contribution in [2.24, 2.45) is 5.41 Å².